The van der Waals surface area contributed by atoms with Crippen LogP contribution in [-0.2, 0) is 4.79 Å². The van der Waals surface area contributed by atoms with E-state index >= 15 is 0 Å². The van der Waals surface area contributed by atoms with Crippen LogP contribution in [0.1, 0.15) is 25.7 Å². The molecule has 4 bridgehead atoms. The number of ketones is 1. The fourth-order valence-electron chi connectivity index (χ4n) is 4.36. The van der Waals surface area contributed by atoms with Crippen molar-refractivity contribution in [1.82, 2.24) is 0 Å². The van der Waals surface area contributed by atoms with Gasteiger partial charge in [0.2, 0.25) is 0 Å². The summed E-state index contributed by atoms with van der Waals surface area (Å²) in [6.45, 7) is 3.50. The summed E-state index contributed by atoms with van der Waals surface area (Å²) in [4.78, 5) is 11.2. The van der Waals surface area contributed by atoms with Crippen LogP contribution in [0.25, 0.3) is 0 Å². The Balaban J connectivity index is 1.75. The molecule has 0 heterocycles. The van der Waals surface area contributed by atoms with Crippen molar-refractivity contribution in [2.24, 2.45) is 29.6 Å². The standard InChI is InChI=1S/C14H18O/c1-2-12(15)3-4-13-10-5-9-6-11(8-10)14(13)7-9/h2-4,9-11,13-14H,1,5-8H2/b4-3+. The fraction of sp³-hybridized carbons (Fsp3) is 0.643. The highest BCUT2D eigenvalue weighted by molar-refractivity contribution is 5.98. The Kier molecular flexibility index (Phi) is 2.08. The van der Waals surface area contributed by atoms with E-state index in [2.05, 4.69) is 12.7 Å². The monoisotopic (exact) mass is 202 g/mol. The number of hydrogen-bond acceptors (Lipinski definition) is 1. The summed E-state index contributed by atoms with van der Waals surface area (Å²) in [5.41, 5.74) is 0. The third kappa shape index (κ3) is 1.40. The molecule has 5 atom stereocenters. The Morgan fingerprint density at radius 1 is 1.13 bits per heavy atom. The predicted octanol–water partition coefficient (Wildman–Crippen LogP) is 2.98. The Bertz CT molecular complexity index is 324. The Labute approximate surface area is 91.2 Å². The number of rotatable bonds is 3. The van der Waals surface area contributed by atoms with Gasteiger partial charge < -0.3 is 0 Å². The molecule has 4 rings (SSSR count). The van der Waals surface area contributed by atoms with Crippen molar-refractivity contribution in [3.63, 3.8) is 0 Å². The van der Waals surface area contributed by atoms with Crippen LogP contribution in [0.2, 0.25) is 0 Å². The first kappa shape index (κ1) is 9.38. The molecule has 0 aromatic rings. The summed E-state index contributed by atoms with van der Waals surface area (Å²) in [5.74, 6) is 4.58. The van der Waals surface area contributed by atoms with E-state index in [4.69, 9.17) is 0 Å². The maximum atomic E-state index is 11.2. The molecule has 0 aliphatic heterocycles. The number of carbonyl (C=O) groups is 1. The van der Waals surface area contributed by atoms with E-state index in [0.717, 1.165) is 23.7 Å². The van der Waals surface area contributed by atoms with E-state index < -0.39 is 0 Å². The van der Waals surface area contributed by atoms with Crippen LogP contribution in [0.3, 0.4) is 0 Å². The molecule has 1 heteroatoms. The second-order valence-corrected chi connectivity index (χ2v) is 5.54. The fourth-order valence-corrected chi connectivity index (χ4v) is 4.36. The maximum absolute atomic E-state index is 11.2. The largest absolute Gasteiger partial charge is 0.290 e. The Morgan fingerprint density at radius 2 is 1.93 bits per heavy atom. The minimum atomic E-state index is 0.0623. The van der Waals surface area contributed by atoms with Crippen LogP contribution in [0.5, 0.6) is 0 Å². The lowest BCUT2D eigenvalue weighted by molar-refractivity contribution is -0.110. The van der Waals surface area contributed by atoms with Crippen LogP contribution in [0.4, 0.5) is 0 Å². The van der Waals surface area contributed by atoms with Crippen LogP contribution < -0.4 is 0 Å². The molecule has 0 saturated heterocycles. The number of carbonyl (C=O) groups excluding carboxylic acids is 1. The van der Waals surface area contributed by atoms with E-state index in [1.54, 1.807) is 6.08 Å². The number of allylic oxidation sites excluding steroid dienone is 3. The third-order valence-corrected chi connectivity index (χ3v) is 4.81. The van der Waals surface area contributed by atoms with Gasteiger partial charge in [-0.3, -0.25) is 4.79 Å². The first-order valence-electron chi connectivity index (χ1n) is 6.12. The zero-order chi connectivity index (χ0) is 10.4. The molecule has 4 fully saturated rings. The molecule has 1 nitrogen and oxygen atoms in total. The third-order valence-electron chi connectivity index (χ3n) is 4.81. The van der Waals surface area contributed by atoms with Gasteiger partial charge in [0.05, 0.1) is 0 Å². The lowest BCUT2D eigenvalue weighted by atomic mass is 9.75. The first-order chi connectivity index (χ1) is 7.28. The summed E-state index contributed by atoms with van der Waals surface area (Å²) >= 11 is 0. The van der Waals surface area contributed by atoms with E-state index in [-0.39, 0.29) is 5.78 Å². The van der Waals surface area contributed by atoms with Gasteiger partial charge in [-0.1, -0.05) is 12.7 Å². The summed E-state index contributed by atoms with van der Waals surface area (Å²) < 4.78 is 0. The highest BCUT2D eigenvalue weighted by Crippen LogP contribution is 2.61. The second kappa shape index (κ2) is 3.33. The predicted molar refractivity (Wildman–Crippen MR) is 60.3 cm³/mol. The SMILES string of the molecule is C=CC(=O)/C=C/C1C2CC3CC(C2)C1C3. The van der Waals surface area contributed by atoms with E-state index in [1.165, 1.54) is 31.8 Å². The van der Waals surface area contributed by atoms with Gasteiger partial charge in [-0.05, 0) is 67.4 Å². The molecule has 0 aromatic heterocycles. The van der Waals surface area contributed by atoms with Gasteiger partial charge >= 0.3 is 0 Å². The molecule has 0 N–H and O–H groups in total. The second-order valence-electron chi connectivity index (χ2n) is 5.54. The highest BCUT2D eigenvalue weighted by atomic mass is 16.1. The molecule has 5 unspecified atom stereocenters. The molecule has 0 spiro atoms. The van der Waals surface area contributed by atoms with Crippen molar-refractivity contribution in [2.45, 2.75) is 25.7 Å². The Morgan fingerprint density at radius 3 is 2.67 bits per heavy atom. The molecule has 4 aliphatic rings. The zero-order valence-corrected chi connectivity index (χ0v) is 9.06. The van der Waals surface area contributed by atoms with Gasteiger partial charge in [-0.25, -0.2) is 0 Å². The van der Waals surface area contributed by atoms with E-state index in [9.17, 15) is 4.79 Å². The summed E-state index contributed by atoms with van der Waals surface area (Å²) in [6.07, 6.45) is 11.1. The Hall–Kier alpha value is -0.850. The van der Waals surface area contributed by atoms with E-state index in [0.29, 0.717) is 5.92 Å². The van der Waals surface area contributed by atoms with Crippen LogP contribution in [0.15, 0.2) is 24.8 Å². The lowest BCUT2D eigenvalue weighted by Crippen LogP contribution is -2.21. The highest BCUT2D eigenvalue weighted by Gasteiger charge is 2.52. The topological polar surface area (TPSA) is 17.1 Å². The maximum Gasteiger partial charge on any atom is 0.177 e. The molecule has 80 valence electrons. The lowest BCUT2D eigenvalue weighted by Gasteiger charge is -2.30. The molecule has 0 aromatic carbocycles. The molecule has 4 saturated carbocycles. The van der Waals surface area contributed by atoms with Crippen molar-refractivity contribution in [3.05, 3.63) is 24.8 Å². The summed E-state index contributed by atoms with van der Waals surface area (Å²) in [6, 6.07) is 0. The van der Waals surface area contributed by atoms with Crippen molar-refractivity contribution in [3.8, 4) is 0 Å². The average molecular weight is 202 g/mol. The van der Waals surface area contributed by atoms with Gasteiger partial charge in [0.25, 0.3) is 0 Å². The zero-order valence-electron chi connectivity index (χ0n) is 9.06. The van der Waals surface area contributed by atoms with E-state index in [1.807, 2.05) is 0 Å². The molecule has 0 amide bonds. The molecule has 15 heavy (non-hydrogen) atoms. The van der Waals surface area contributed by atoms with Crippen molar-refractivity contribution in [2.75, 3.05) is 0 Å². The normalized spacial score (nSPS) is 46.5. The number of hydrogen-bond donors (Lipinski definition) is 0. The molecular weight excluding hydrogens is 184 g/mol. The molecule has 0 radical (unpaired) electrons. The van der Waals surface area contributed by atoms with Crippen molar-refractivity contribution < 1.29 is 4.79 Å². The van der Waals surface area contributed by atoms with Crippen LogP contribution in [-0.4, -0.2) is 5.78 Å². The minimum Gasteiger partial charge on any atom is -0.290 e. The van der Waals surface area contributed by atoms with Crippen molar-refractivity contribution >= 4 is 5.78 Å². The smallest absolute Gasteiger partial charge is 0.177 e. The quantitative estimate of drug-likeness (QED) is 0.643. The minimum absolute atomic E-state index is 0.0623. The summed E-state index contributed by atoms with van der Waals surface area (Å²) in [7, 11) is 0. The summed E-state index contributed by atoms with van der Waals surface area (Å²) in [5, 5.41) is 0. The van der Waals surface area contributed by atoms with Crippen LogP contribution in [0, 0.1) is 29.6 Å². The van der Waals surface area contributed by atoms with Gasteiger partial charge in [0, 0.05) is 0 Å². The van der Waals surface area contributed by atoms with Crippen molar-refractivity contribution in [1.29, 1.82) is 0 Å². The molecular formula is C14H18O. The average Bonchev–Trinajstić information content (AvgIpc) is 2.65. The van der Waals surface area contributed by atoms with Gasteiger partial charge in [0.1, 0.15) is 0 Å². The molecule has 4 aliphatic carbocycles. The first-order valence-corrected chi connectivity index (χ1v) is 6.12. The van der Waals surface area contributed by atoms with Gasteiger partial charge in [-0.15, -0.1) is 0 Å². The van der Waals surface area contributed by atoms with Crippen LogP contribution >= 0.6 is 0 Å². The van der Waals surface area contributed by atoms with Gasteiger partial charge in [0.15, 0.2) is 5.78 Å². The van der Waals surface area contributed by atoms with Gasteiger partial charge in [-0.2, -0.15) is 0 Å².